The summed E-state index contributed by atoms with van der Waals surface area (Å²) in [6.07, 6.45) is 4.93. The van der Waals surface area contributed by atoms with Crippen molar-refractivity contribution in [1.82, 2.24) is 25.1 Å². The van der Waals surface area contributed by atoms with Gasteiger partial charge in [0.1, 0.15) is 12.1 Å². The molecule has 3 N–H and O–H groups in total. The summed E-state index contributed by atoms with van der Waals surface area (Å²) in [4.78, 5) is 20.1. The van der Waals surface area contributed by atoms with E-state index in [-0.39, 0.29) is 6.03 Å². The number of carbonyl (C=O) groups is 1. The summed E-state index contributed by atoms with van der Waals surface area (Å²) in [5, 5.41) is 13.3. The maximum Gasteiger partial charge on any atom is 0.319 e. The largest absolute Gasteiger partial charge is 0.368 e. The lowest BCUT2D eigenvalue weighted by Crippen LogP contribution is -2.32. The van der Waals surface area contributed by atoms with Gasteiger partial charge in [-0.3, -0.25) is 0 Å². The first-order valence-electron chi connectivity index (χ1n) is 7.57. The molecule has 0 aliphatic heterocycles. The number of hydrogen-bond acceptors (Lipinski definition) is 5. The lowest BCUT2D eigenvalue weighted by Gasteiger charge is -2.09. The van der Waals surface area contributed by atoms with Gasteiger partial charge in [-0.2, -0.15) is 5.10 Å². The van der Waals surface area contributed by atoms with Crippen molar-refractivity contribution >= 4 is 29.1 Å². The predicted molar refractivity (Wildman–Crippen MR) is 96.1 cm³/mol. The third-order valence-corrected chi connectivity index (χ3v) is 3.43. The number of amides is 2. The Bertz CT molecular complexity index is 838. The van der Waals surface area contributed by atoms with Gasteiger partial charge in [-0.25, -0.2) is 19.4 Å². The molecule has 2 aromatic heterocycles. The van der Waals surface area contributed by atoms with E-state index >= 15 is 0 Å². The third-order valence-electron chi connectivity index (χ3n) is 3.19. The van der Waals surface area contributed by atoms with Crippen LogP contribution in [0.1, 0.15) is 0 Å². The van der Waals surface area contributed by atoms with E-state index in [1.807, 2.05) is 6.07 Å². The van der Waals surface area contributed by atoms with Crippen LogP contribution in [-0.4, -0.2) is 38.9 Å². The standard InChI is InChI=1S/C16H16ClN7O/c17-12-3-1-4-13(9-12)23-16(25)19-7-6-18-14-10-15(21-11-20-14)24-8-2-5-22-24/h1-5,8-11H,6-7H2,(H,18,20,21)(H2,19,23,25). The number of nitrogens with one attached hydrogen (secondary N) is 3. The Morgan fingerprint density at radius 2 is 2.08 bits per heavy atom. The molecule has 3 rings (SSSR count). The number of urea groups is 1. The van der Waals surface area contributed by atoms with Gasteiger partial charge in [0, 0.05) is 42.3 Å². The average Bonchev–Trinajstić information content (AvgIpc) is 3.14. The first-order chi connectivity index (χ1) is 12.2. The molecule has 128 valence electrons. The molecule has 2 amide bonds. The van der Waals surface area contributed by atoms with Gasteiger partial charge in [0.15, 0.2) is 5.82 Å². The number of nitrogens with zero attached hydrogens (tertiary/aromatic N) is 4. The number of benzene rings is 1. The zero-order valence-electron chi connectivity index (χ0n) is 13.2. The van der Waals surface area contributed by atoms with Crippen molar-refractivity contribution < 1.29 is 4.79 Å². The van der Waals surface area contributed by atoms with Crippen molar-refractivity contribution in [3.05, 3.63) is 60.1 Å². The van der Waals surface area contributed by atoms with E-state index in [2.05, 4.69) is 31.0 Å². The third kappa shape index (κ3) is 4.92. The molecule has 0 unspecified atom stereocenters. The zero-order chi connectivity index (χ0) is 17.5. The normalized spacial score (nSPS) is 10.3. The molecule has 0 aliphatic rings. The van der Waals surface area contributed by atoms with Crippen LogP contribution in [0, 0.1) is 0 Å². The molecule has 0 atom stereocenters. The van der Waals surface area contributed by atoms with Gasteiger partial charge in [-0.15, -0.1) is 0 Å². The quantitative estimate of drug-likeness (QED) is 0.589. The molecular weight excluding hydrogens is 342 g/mol. The van der Waals surface area contributed by atoms with Crippen LogP contribution < -0.4 is 16.0 Å². The maximum absolute atomic E-state index is 11.8. The molecule has 25 heavy (non-hydrogen) atoms. The van der Waals surface area contributed by atoms with Crippen molar-refractivity contribution in [1.29, 1.82) is 0 Å². The van der Waals surface area contributed by atoms with Gasteiger partial charge in [-0.1, -0.05) is 17.7 Å². The Morgan fingerprint density at radius 3 is 2.88 bits per heavy atom. The molecule has 3 aromatic rings. The van der Waals surface area contributed by atoms with Crippen LogP contribution >= 0.6 is 11.6 Å². The highest BCUT2D eigenvalue weighted by atomic mass is 35.5. The zero-order valence-corrected chi connectivity index (χ0v) is 13.9. The molecule has 9 heteroatoms. The minimum absolute atomic E-state index is 0.302. The van der Waals surface area contributed by atoms with Gasteiger partial charge >= 0.3 is 6.03 Å². The molecule has 0 saturated heterocycles. The number of anilines is 2. The summed E-state index contributed by atoms with van der Waals surface area (Å²) in [6.45, 7) is 0.937. The lowest BCUT2D eigenvalue weighted by atomic mass is 10.3. The van der Waals surface area contributed by atoms with E-state index in [0.717, 1.165) is 0 Å². The number of halogens is 1. The molecular formula is C16H16ClN7O. The molecule has 1 aromatic carbocycles. The molecule has 0 fully saturated rings. The van der Waals surface area contributed by atoms with Gasteiger partial charge in [0.25, 0.3) is 0 Å². The molecule has 0 radical (unpaired) electrons. The minimum atomic E-state index is -0.302. The summed E-state index contributed by atoms with van der Waals surface area (Å²) in [7, 11) is 0. The first-order valence-corrected chi connectivity index (χ1v) is 7.95. The number of carbonyl (C=O) groups excluding carboxylic acids is 1. The second-order valence-corrected chi connectivity index (χ2v) is 5.47. The van der Waals surface area contributed by atoms with Crippen LogP contribution in [0.15, 0.2) is 55.1 Å². The molecule has 0 aliphatic carbocycles. The van der Waals surface area contributed by atoms with Crippen molar-refractivity contribution in [2.75, 3.05) is 23.7 Å². The Hall–Kier alpha value is -3.13. The fraction of sp³-hybridized carbons (Fsp3) is 0.125. The second-order valence-electron chi connectivity index (χ2n) is 5.03. The van der Waals surface area contributed by atoms with Gasteiger partial charge < -0.3 is 16.0 Å². The van der Waals surface area contributed by atoms with Crippen molar-refractivity contribution in [2.45, 2.75) is 0 Å². The van der Waals surface area contributed by atoms with Gasteiger partial charge in [0.2, 0.25) is 0 Å². The van der Waals surface area contributed by atoms with E-state index < -0.39 is 0 Å². The second kappa shape index (κ2) is 8.11. The van der Waals surface area contributed by atoms with E-state index in [0.29, 0.717) is 35.4 Å². The molecule has 0 spiro atoms. The van der Waals surface area contributed by atoms with Crippen molar-refractivity contribution in [2.24, 2.45) is 0 Å². The minimum Gasteiger partial charge on any atom is -0.368 e. The summed E-state index contributed by atoms with van der Waals surface area (Å²) >= 11 is 5.87. The maximum atomic E-state index is 11.8. The first kappa shape index (κ1) is 16.7. The smallest absolute Gasteiger partial charge is 0.319 e. The number of aromatic nitrogens is 4. The topological polar surface area (TPSA) is 96.8 Å². The van der Waals surface area contributed by atoms with Crippen LogP contribution in [0.3, 0.4) is 0 Å². The summed E-state index contributed by atoms with van der Waals surface area (Å²) < 4.78 is 1.64. The molecule has 0 bridgehead atoms. The summed E-state index contributed by atoms with van der Waals surface area (Å²) in [6, 6.07) is 10.2. The summed E-state index contributed by atoms with van der Waals surface area (Å²) in [5.74, 6) is 1.31. The average molecular weight is 358 g/mol. The monoisotopic (exact) mass is 357 g/mol. The lowest BCUT2D eigenvalue weighted by molar-refractivity contribution is 0.252. The van der Waals surface area contributed by atoms with Gasteiger partial charge in [-0.05, 0) is 24.3 Å². The van der Waals surface area contributed by atoms with Crippen LogP contribution in [0.2, 0.25) is 5.02 Å². The van der Waals surface area contributed by atoms with Gasteiger partial charge in [0.05, 0.1) is 0 Å². The van der Waals surface area contributed by atoms with Crippen LogP contribution in [0.25, 0.3) is 5.82 Å². The molecule has 2 heterocycles. The summed E-state index contributed by atoms with van der Waals surface area (Å²) in [5.41, 5.74) is 0.637. The fourth-order valence-corrected chi connectivity index (χ4v) is 2.27. The Morgan fingerprint density at radius 1 is 1.16 bits per heavy atom. The fourth-order valence-electron chi connectivity index (χ4n) is 2.08. The van der Waals surface area contributed by atoms with E-state index in [4.69, 9.17) is 11.6 Å². The Kier molecular flexibility index (Phi) is 5.43. The van der Waals surface area contributed by atoms with Crippen LogP contribution in [0.5, 0.6) is 0 Å². The highest BCUT2D eigenvalue weighted by Gasteiger charge is 2.03. The molecule has 8 nitrogen and oxygen atoms in total. The Labute approximate surface area is 149 Å². The van der Waals surface area contributed by atoms with Crippen LogP contribution in [-0.2, 0) is 0 Å². The van der Waals surface area contributed by atoms with E-state index in [9.17, 15) is 4.79 Å². The Balaban J connectivity index is 1.44. The molecule has 0 saturated carbocycles. The number of hydrogen-bond donors (Lipinski definition) is 3. The van der Waals surface area contributed by atoms with E-state index in [1.165, 1.54) is 6.33 Å². The SMILES string of the molecule is O=C(NCCNc1cc(-n2cccn2)ncn1)Nc1cccc(Cl)c1. The van der Waals surface area contributed by atoms with Crippen molar-refractivity contribution in [3.8, 4) is 5.82 Å². The highest BCUT2D eigenvalue weighted by molar-refractivity contribution is 6.30. The van der Waals surface area contributed by atoms with E-state index in [1.54, 1.807) is 47.4 Å². The highest BCUT2D eigenvalue weighted by Crippen LogP contribution is 2.14. The predicted octanol–water partition coefficient (Wildman–Crippen LogP) is 2.55. The van der Waals surface area contributed by atoms with Crippen molar-refractivity contribution in [3.63, 3.8) is 0 Å². The van der Waals surface area contributed by atoms with Crippen LogP contribution in [0.4, 0.5) is 16.3 Å². The number of rotatable bonds is 6.